The lowest BCUT2D eigenvalue weighted by Crippen LogP contribution is -2.13. The van der Waals surface area contributed by atoms with Crippen LogP contribution in [0.1, 0.15) is 29.4 Å². The van der Waals surface area contributed by atoms with Gasteiger partial charge in [0.05, 0.1) is 18.3 Å². The number of methoxy groups -OCH3 is 1. The van der Waals surface area contributed by atoms with E-state index in [9.17, 15) is 4.79 Å². The first-order valence-corrected chi connectivity index (χ1v) is 7.35. The first kappa shape index (κ1) is 15.1. The van der Waals surface area contributed by atoms with Crippen molar-refractivity contribution in [1.82, 2.24) is 9.78 Å². The fourth-order valence-corrected chi connectivity index (χ4v) is 2.51. The Morgan fingerprint density at radius 1 is 1.50 bits per heavy atom. The highest BCUT2D eigenvalue weighted by Crippen LogP contribution is 2.30. The number of carbonyl (C=O) groups excluding carboxylic acids is 1. The van der Waals surface area contributed by atoms with Crippen LogP contribution in [-0.4, -0.2) is 22.7 Å². The van der Waals surface area contributed by atoms with Crippen molar-refractivity contribution in [2.45, 2.75) is 19.9 Å². The molecule has 2 aromatic rings. The summed E-state index contributed by atoms with van der Waals surface area (Å²) in [5.41, 5.74) is 0.853. The molecule has 0 fully saturated rings. The van der Waals surface area contributed by atoms with Gasteiger partial charge in [-0.15, -0.1) is 0 Å². The predicted octanol–water partition coefficient (Wildman–Crippen LogP) is 3.95. The van der Waals surface area contributed by atoms with Crippen LogP contribution in [0.3, 0.4) is 0 Å². The van der Waals surface area contributed by atoms with Crippen LogP contribution in [0.25, 0.3) is 0 Å². The van der Waals surface area contributed by atoms with E-state index in [2.05, 4.69) is 21.0 Å². The van der Waals surface area contributed by atoms with E-state index in [0.29, 0.717) is 33.0 Å². The van der Waals surface area contributed by atoms with Crippen LogP contribution in [0, 0.1) is 0 Å². The normalized spacial score (nSPS) is 10.6. The quantitative estimate of drug-likeness (QED) is 0.761. The summed E-state index contributed by atoms with van der Waals surface area (Å²) < 4.78 is 7.56. The summed E-state index contributed by atoms with van der Waals surface area (Å²) in [6.45, 7) is 2.67. The summed E-state index contributed by atoms with van der Waals surface area (Å²) in [4.78, 5) is 12.7. The molecule has 1 aromatic carbocycles. The van der Waals surface area contributed by atoms with Crippen molar-refractivity contribution in [1.29, 1.82) is 0 Å². The molecule has 0 aliphatic rings. The molecule has 0 saturated heterocycles. The van der Waals surface area contributed by atoms with Crippen molar-refractivity contribution in [2.24, 2.45) is 0 Å². The Hall–Kier alpha value is -1.33. The molecule has 0 bridgehead atoms. The zero-order chi connectivity index (χ0) is 14.7. The second-order valence-electron chi connectivity index (χ2n) is 4.22. The summed E-state index contributed by atoms with van der Waals surface area (Å²) >= 11 is 9.52. The monoisotopic (exact) mass is 356 g/mol. The van der Waals surface area contributed by atoms with Crippen molar-refractivity contribution in [3.05, 3.63) is 45.1 Å². The van der Waals surface area contributed by atoms with Crippen LogP contribution >= 0.6 is 27.5 Å². The van der Waals surface area contributed by atoms with Gasteiger partial charge in [0.2, 0.25) is 5.78 Å². The average molecular weight is 358 g/mol. The molecule has 1 heterocycles. The van der Waals surface area contributed by atoms with Gasteiger partial charge in [0, 0.05) is 16.6 Å². The molecule has 0 atom stereocenters. The van der Waals surface area contributed by atoms with Crippen molar-refractivity contribution in [3.8, 4) is 5.75 Å². The number of ether oxygens (including phenoxy) is 1. The smallest absolute Gasteiger partial charge is 0.216 e. The number of rotatable bonds is 5. The van der Waals surface area contributed by atoms with Crippen molar-refractivity contribution in [3.63, 3.8) is 0 Å². The Morgan fingerprint density at radius 3 is 2.90 bits per heavy atom. The summed E-state index contributed by atoms with van der Waals surface area (Å²) in [6.07, 6.45) is 2.42. The van der Waals surface area contributed by atoms with E-state index < -0.39 is 0 Å². The van der Waals surface area contributed by atoms with Crippen LogP contribution in [-0.2, 0) is 6.54 Å². The fourth-order valence-electron chi connectivity index (χ4n) is 1.93. The molecule has 2 rings (SSSR count). The first-order valence-electron chi connectivity index (χ1n) is 6.18. The van der Waals surface area contributed by atoms with E-state index in [4.69, 9.17) is 16.3 Å². The van der Waals surface area contributed by atoms with Crippen molar-refractivity contribution < 1.29 is 9.53 Å². The molecule has 0 unspecified atom stereocenters. The number of aryl methyl sites for hydroxylation is 1. The van der Waals surface area contributed by atoms with Crippen LogP contribution in [0.5, 0.6) is 5.75 Å². The molecular weight excluding hydrogens is 344 g/mol. The number of hydrogen-bond acceptors (Lipinski definition) is 3. The zero-order valence-electron chi connectivity index (χ0n) is 11.2. The maximum Gasteiger partial charge on any atom is 0.216 e. The molecule has 0 spiro atoms. The van der Waals surface area contributed by atoms with Crippen molar-refractivity contribution in [2.75, 3.05) is 7.11 Å². The molecule has 0 saturated carbocycles. The molecule has 0 aliphatic heterocycles. The summed E-state index contributed by atoms with van der Waals surface area (Å²) in [6, 6.07) is 5.26. The topological polar surface area (TPSA) is 44.1 Å². The highest BCUT2D eigenvalue weighted by Gasteiger charge is 2.23. The van der Waals surface area contributed by atoms with E-state index in [-0.39, 0.29) is 5.78 Å². The first-order chi connectivity index (χ1) is 9.60. The third-order valence-electron chi connectivity index (χ3n) is 2.87. The number of benzene rings is 1. The summed E-state index contributed by atoms with van der Waals surface area (Å²) in [5, 5.41) is 4.58. The Kier molecular flexibility index (Phi) is 4.83. The lowest BCUT2D eigenvalue weighted by molar-refractivity contribution is 0.102. The minimum Gasteiger partial charge on any atom is -0.493 e. The number of nitrogens with zero attached hydrogens (tertiary/aromatic N) is 2. The molecule has 6 heteroatoms. The predicted molar refractivity (Wildman–Crippen MR) is 81.7 cm³/mol. The van der Waals surface area contributed by atoms with E-state index in [0.717, 1.165) is 6.42 Å². The minimum atomic E-state index is -0.195. The Morgan fingerprint density at radius 2 is 2.25 bits per heavy atom. The standard InChI is InChI=1S/C14H14BrClN2O2/c1-3-7-18-13(11(20-2)8-17-18)14(19)9-5-4-6-10(15)12(9)16/h4-6,8H,3,7H2,1-2H3. The Bertz CT molecular complexity index is 640. The number of hydrogen-bond donors (Lipinski definition) is 0. The third kappa shape index (κ3) is 2.74. The Balaban J connectivity index is 2.52. The molecule has 20 heavy (non-hydrogen) atoms. The van der Waals surface area contributed by atoms with Gasteiger partial charge in [-0.3, -0.25) is 9.48 Å². The lowest BCUT2D eigenvalue weighted by Gasteiger charge is -2.09. The van der Waals surface area contributed by atoms with Gasteiger partial charge in [-0.25, -0.2) is 0 Å². The molecule has 0 radical (unpaired) electrons. The minimum absolute atomic E-state index is 0.195. The fraction of sp³-hybridized carbons (Fsp3) is 0.286. The van der Waals surface area contributed by atoms with E-state index >= 15 is 0 Å². The van der Waals surface area contributed by atoms with Crippen LogP contribution in [0.4, 0.5) is 0 Å². The molecule has 1 aromatic heterocycles. The van der Waals surface area contributed by atoms with Gasteiger partial charge in [0.15, 0.2) is 11.4 Å². The van der Waals surface area contributed by atoms with Crippen LogP contribution < -0.4 is 4.74 Å². The lowest BCUT2D eigenvalue weighted by atomic mass is 10.1. The molecule has 106 valence electrons. The summed E-state index contributed by atoms with van der Waals surface area (Å²) in [5.74, 6) is 0.263. The SMILES string of the molecule is CCCn1ncc(OC)c1C(=O)c1cccc(Br)c1Cl. The van der Waals surface area contributed by atoms with Gasteiger partial charge in [-0.2, -0.15) is 5.10 Å². The number of aromatic nitrogens is 2. The molecule has 0 aliphatic carbocycles. The molecule has 0 N–H and O–H groups in total. The highest BCUT2D eigenvalue weighted by atomic mass is 79.9. The number of ketones is 1. The van der Waals surface area contributed by atoms with Gasteiger partial charge in [0.25, 0.3) is 0 Å². The van der Waals surface area contributed by atoms with Gasteiger partial charge < -0.3 is 4.74 Å². The van der Waals surface area contributed by atoms with E-state index in [1.165, 1.54) is 7.11 Å². The van der Waals surface area contributed by atoms with Crippen LogP contribution in [0.15, 0.2) is 28.9 Å². The molecular formula is C14H14BrClN2O2. The maximum atomic E-state index is 12.7. The van der Waals surface area contributed by atoms with Gasteiger partial charge in [-0.1, -0.05) is 24.6 Å². The second kappa shape index (κ2) is 6.41. The molecule has 0 amide bonds. The maximum absolute atomic E-state index is 12.7. The van der Waals surface area contributed by atoms with Crippen molar-refractivity contribution >= 4 is 33.3 Å². The number of halogens is 2. The van der Waals surface area contributed by atoms with E-state index in [1.54, 1.807) is 29.1 Å². The highest BCUT2D eigenvalue weighted by molar-refractivity contribution is 9.10. The largest absolute Gasteiger partial charge is 0.493 e. The van der Waals surface area contributed by atoms with Crippen LogP contribution in [0.2, 0.25) is 5.02 Å². The van der Waals surface area contributed by atoms with E-state index in [1.807, 2.05) is 6.92 Å². The Labute approximate surface area is 130 Å². The van der Waals surface area contributed by atoms with Gasteiger partial charge in [0.1, 0.15) is 0 Å². The summed E-state index contributed by atoms with van der Waals surface area (Å²) in [7, 11) is 1.52. The number of carbonyl (C=O) groups is 1. The third-order valence-corrected chi connectivity index (χ3v) is 4.17. The molecule has 4 nitrogen and oxygen atoms in total. The zero-order valence-corrected chi connectivity index (χ0v) is 13.5. The average Bonchev–Trinajstić information content (AvgIpc) is 2.84. The second-order valence-corrected chi connectivity index (χ2v) is 5.45. The van der Waals surface area contributed by atoms with Gasteiger partial charge in [-0.05, 0) is 34.5 Å². The van der Waals surface area contributed by atoms with Gasteiger partial charge >= 0.3 is 0 Å².